The van der Waals surface area contributed by atoms with E-state index in [0.29, 0.717) is 17.1 Å². The highest BCUT2D eigenvalue weighted by Crippen LogP contribution is 2.27. The van der Waals surface area contributed by atoms with E-state index >= 15 is 0 Å². The van der Waals surface area contributed by atoms with Crippen LogP contribution in [0.1, 0.15) is 55.7 Å². The van der Waals surface area contributed by atoms with Crippen LogP contribution in [0.25, 0.3) is 0 Å². The molecule has 0 spiro atoms. The lowest BCUT2D eigenvalue weighted by Gasteiger charge is -2.33. The van der Waals surface area contributed by atoms with Crippen molar-refractivity contribution in [1.82, 2.24) is 10.2 Å². The number of benzene rings is 3. The maximum absolute atomic E-state index is 14.1. The van der Waals surface area contributed by atoms with E-state index < -0.39 is 28.5 Å². The lowest BCUT2D eigenvalue weighted by molar-refractivity contribution is -0.139. The van der Waals surface area contributed by atoms with Crippen LogP contribution in [0, 0.1) is 13.8 Å². The zero-order valence-corrected chi connectivity index (χ0v) is 26.1. The van der Waals surface area contributed by atoms with Gasteiger partial charge in [0.25, 0.3) is 10.0 Å². The first-order valence-corrected chi connectivity index (χ1v) is 16.4. The van der Waals surface area contributed by atoms with E-state index in [0.717, 1.165) is 46.7 Å². The number of nitrogens with zero attached hydrogens (tertiary/aromatic N) is 2. The number of nitrogens with one attached hydrogen (secondary N) is 1. The van der Waals surface area contributed by atoms with Gasteiger partial charge in [-0.15, -0.1) is 0 Å². The second kappa shape index (κ2) is 14.2. The summed E-state index contributed by atoms with van der Waals surface area (Å²) in [6.07, 6.45) is 5.70. The first-order chi connectivity index (χ1) is 20.1. The van der Waals surface area contributed by atoms with Crippen molar-refractivity contribution in [3.05, 3.63) is 94.5 Å². The molecule has 0 bridgehead atoms. The van der Waals surface area contributed by atoms with E-state index in [-0.39, 0.29) is 23.4 Å². The summed E-state index contributed by atoms with van der Waals surface area (Å²) in [5.74, 6) is -0.672. The molecular weight excluding hydrogens is 570 g/mol. The van der Waals surface area contributed by atoms with E-state index in [1.807, 2.05) is 50.2 Å². The maximum atomic E-state index is 14.1. The molecule has 7 nitrogen and oxygen atoms in total. The zero-order valence-electron chi connectivity index (χ0n) is 24.6. The predicted molar refractivity (Wildman–Crippen MR) is 168 cm³/mol. The Hall–Kier alpha value is -3.36. The maximum Gasteiger partial charge on any atom is 0.264 e. The van der Waals surface area contributed by atoms with Gasteiger partial charge in [-0.05, 0) is 93.1 Å². The number of rotatable bonds is 11. The fourth-order valence-corrected chi connectivity index (χ4v) is 6.81. The van der Waals surface area contributed by atoms with Crippen LogP contribution < -0.4 is 9.62 Å². The number of anilines is 1. The van der Waals surface area contributed by atoms with Crippen molar-refractivity contribution in [2.75, 3.05) is 17.4 Å². The van der Waals surface area contributed by atoms with Gasteiger partial charge in [-0.1, -0.05) is 67.3 Å². The van der Waals surface area contributed by atoms with Crippen LogP contribution >= 0.6 is 11.6 Å². The molecule has 4 rings (SSSR count). The molecule has 1 fully saturated rings. The summed E-state index contributed by atoms with van der Waals surface area (Å²) in [4.78, 5) is 29.0. The second-order valence-corrected chi connectivity index (χ2v) is 13.4. The number of carbonyl (C=O) groups is 2. The van der Waals surface area contributed by atoms with Crippen LogP contribution in [-0.4, -0.2) is 50.3 Å². The molecule has 1 saturated carbocycles. The normalized spacial score (nSPS) is 14.7. The summed E-state index contributed by atoms with van der Waals surface area (Å²) >= 11 is 6.03. The monoisotopic (exact) mass is 609 g/mol. The summed E-state index contributed by atoms with van der Waals surface area (Å²) in [5, 5.41) is 3.54. The number of carbonyl (C=O) groups excluding carboxylic acids is 2. The Morgan fingerprint density at radius 1 is 0.929 bits per heavy atom. The molecule has 2 amide bonds. The van der Waals surface area contributed by atoms with Crippen LogP contribution in [0.3, 0.4) is 0 Å². The van der Waals surface area contributed by atoms with E-state index in [4.69, 9.17) is 11.6 Å². The summed E-state index contributed by atoms with van der Waals surface area (Å²) in [7, 11) is -4.14. The molecule has 1 atom stereocenters. The Morgan fingerprint density at radius 3 is 2.24 bits per heavy atom. The van der Waals surface area contributed by atoms with Crippen LogP contribution in [0.15, 0.2) is 77.7 Å². The molecule has 224 valence electrons. The third kappa shape index (κ3) is 7.92. The van der Waals surface area contributed by atoms with Crippen molar-refractivity contribution in [2.24, 2.45) is 0 Å². The number of hydrogen-bond acceptors (Lipinski definition) is 4. The molecule has 9 heteroatoms. The molecular formula is C33H40ClN3O4S. The van der Waals surface area contributed by atoms with Gasteiger partial charge in [-0.2, -0.15) is 0 Å². The van der Waals surface area contributed by atoms with Crippen LogP contribution in [0.4, 0.5) is 5.69 Å². The topological polar surface area (TPSA) is 86.8 Å². The van der Waals surface area contributed by atoms with Gasteiger partial charge in [-0.25, -0.2) is 8.42 Å². The second-order valence-electron chi connectivity index (χ2n) is 11.1. The van der Waals surface area contributed by atoms with E-state index in [1.165, 1.54) is 35.6 Å². The Morgan fingerprint density at radius 2 is 1.60 bits per heavy atom. The quantitative estimate of drug-likeness (QED) is 0.286. The summed E-state index contributed by atoms with van der Waals surface area (Å²) in [6, 6.07) is 20.3. The molecule has 0 aliphatic heterocycles. The minimum atomic E-state index is -4.14. The fourth-order valence-electron chi connectivity index (χ4n) is 5.28. The highest BCUT2D eigenvalue weighted by atomic mass is 35.5. The highest BCUT2D eigenvalue weighted by Gasteiger charge is 2.33. The summed E-state index contributed by atoms with van der Waals surface area (Å²) in [5.41, 5.74) is 3.31. The number of halogens is 1. The van der Waals surface area contributed by atoms with Crippen molar-refractivity contribution in [3.63, 3.8) is 0 Å². The van der Waals surface area contributed by atoms with E-state index in [9.17, 15) is 18.0 Å². The molecule has 0 saturated heterocycles. The molecule has 3 aromatic rings. The van der Waals surface area contributed by atoms with Crippen molar-refractivity contribution in [2.45, 2.75) is 76.3 Å². The average Bonchev–Trinajstić information content (AvgIpc) is 2.98. The van der Waals surface area contributed by atoms with Crippen molar-refractivity contribution in [1.29, 1.82) is 0 Å². The highest BCUT2D eigenvalue weighted by molar-refractivity contribution is 7.92. The minimum absolute atomic E-state index is 0.0249. The summed E-state index contributed by atoms with van der Waals surface area (Å²) < 4.78 is 29.1. The number of sulfonamides is 1. The molecule has 1 aliphatic rings. The Bertz CT molecular complexity index is 1470. The van der Waals surface area contributed by atoms with Gasteiger partial charge in [0, 0.05) is 17.6 Å². The third-order valence-corrected chi connectivity index (χ3v) is 10.1. The van der Waals surface area contributed by atoms with Crippen molar-refractivity contribution < 1.29 is 18.0 Å². The Labute approximate surface area is 254 Å². The molecule has 1 aliphatic carbocycles. The fraction of sp³-hybridized carbons (Fsp3) is 0.394. The lowest BCUT2D eigenvalue weighted by atomic mass is 9.95. The first-order valence-electron chi connectivity index (χ1n) is 14.6. The van der Waals surface area contributed by atoms with Crippen molar-refractivity contribution >= 4 is 39.1 Å². The number of amides is 2. The lowest BCUT2D eigenvalue weighted by Crippen LogP contribution is -2.53. The zero-order chi connectivity index (χ0) is 30.3. The predicted octanol–water partition coefficient (Wildman–Crippen LogP) is 6.06. The molecule has 3 aromatic carbocycles. The van der Waals surface area contributed by atoms with Gasteiger partial charge in [0.15, 0.2) is 0 Å². The van der Waals surface area contributed by atoms with Crippen LogP contribution in [0.2, 0.25) is 5.02 Å². The minimum Gasteiger partial charge on any atom is -0.352 e. The first kappa shape index (κ1) is 31.6. The third-order valence-electron chi connectivity index (χ3n) is 8.06. The number of aryl methyl sites for hydroxylation is 2. The van der Waals surface area contributed by atoms with Crippen LogP contribution in [-0.2, 0) is 26.0 Å². The molecule has 0 aromatic heterocycles. The molecule has 0 heterocycles. The molecule has 0 unspecified atom stereocenters. The van der Waals surface area contributed by atoms with Gasteiger partial charge in [0.2, 0.25) is 11.8 Å². The number of hydrogen-bond donors (Lipinski definition) is 1. The molecule has 42 heavy (non-hydrogen) atoms. The van der Waals surface area contributed by atoms with E-state index in [2.05, 4.69) is 5.32 Å². The summed E-state index contributed by atoms with van der Waals surface area (Å²) in [6.45, 7) is 5.38. The standard InChI is InChI=1S/C33H40ClN3O4S/c1-24-14-17-30(22-25(24)2)37(42(40,41)31-18-15-28(34)16-19-31)23-32(38)36(21-20-27-10-6-4-7-11-27)26(3)33(39)35-29-12-8-5-9-13-29/h4,6-7,10-11,14-19,22,26,29H,5,8-9,12-13,20-21,23H2,1-3H3,(H,35,39)/t26-/m0/s1. The van der Waals surface area contributed by atoms with Gasteiger partial charge in [0.05, 0.1) is 10.6 Å². The van der Waals surface area contributed by atoms with Gasteiger partial charge >= 0.3 is 0 Å². The van der Waals surface area contributed by atoms with Gasteiger partial charge in [-0.3, -0.25) is 13.9 Å². The van der Waals surface area contributed by atoms with Gasteiger partial charge in [0.1, 0.15) is 12.6 Å². The Balaban J connectivity index is 1.65. The smallest absolute Gasteiger partial charge is 0.264 e. The average molecular weight is 610 g/mol. The molecule has 0 radical (unpaired) electrons. The van der Waals surface area contributed by atoms with Crippen molar-refractivity contribution in [3.8, 4) is 0 Å². The largest absolute Gasteiger partial charge is 0.352 e. The Kier molecular flexibility index (Phi) is 10.7. The van der Waals surface area contributed by atoms with Gasteiger partial charge < -0.3 is 10.2 Å². The van der Waals surface area contributed by atoms with E-state index in [1.54, 1.807) is 19.1 Å². The molecule has 1 N–H and O–H groups in total. The van der Waals surface area contributed by atoms with Crippen LogP contribution in [0.5, 0.6) is 0 Å². The SMILES string of the molecule is Cc1ccc(N(CC(=O)N(CCc2ccccc2)[C@@H](C)C(=O)NC2CCCCC2)S(=O)(=O)c2ccc(Cl)cc2)cc1C.